The molecule has 3 heteroatoms. The zero-order valence-corrected chi connectivity index (χ0v) is 10.1. The predicted molar refractivity (Wildman–Crippen MR) is 62.9 cm³/mol. The zero-order valence-electron chi connectivity index (χ0n) is 8.54. The van der Waals surface area contributed by atoms with E-state index in [1.54, 1.807) is 0 Å². The summed E-state index contributed by atoms with van der Waals surface area (Å²) in [6, 6.07) is 0. The number of aliphatic carboxylic acids is 1. The summed E-state index contributed by atoms with van der Waals surface area (Å²) in [5, 5.41) is 8.60. The molecule has 1 atom stereocenters. The van der Waals surface area contributed by atoms with E-state index in [1.165, 1.54) is 19.3 Å². The van der Waals surface area contributed by atoms with E-state index in [-0.39, 0.29) is 4.83 Å². The van der Waals surface area contributed by atoms with Gasteiger partial charge in [-0.15, -0.1) is 6.58 Å². The van der Waals surface area contributed by atoms with Crippen molar-refractivity contribution in [2.24, 2.45) is 0 Å². The molecule has 1 N–H and O–H groups in total. The lowest BCUT2D eigenvalue weighted by molar-refractivity contribution is -0.136. The topological polar surface area (TPSA) is 37.3 Å². The number of alkyl halides is 1. The number of unbranched alkanes of at least 4 members (excludes halogenated alkanes) is 5. The van der Waals surface area contributed by atoms with E-state index in [2.05, 4.69) is 22.5 Å². The third kappa shape index (κ3) is 8.30. The molecule has 0 rings (SSSR count). The van der Waals surface area contributed by atoms with E-state index in [0.717, 1.165) is 25.7 Å². The first-order valence-electron chi connectivity index (χ1n) is 5.16. The third-order valence-corrected chi connectivity index (χ3v) is 2.98. The monoisotopic (exact) mass is 262 g/mol. The second kappa shape index (κ2) is 9.25. The summed E-state index contributed by atoms with van der Waals surface area (Å²) in [7, 11) is 0. The lowest BCUT2D eigenvalue weighted by Crippen LogP contribution is -2.11. The van der Waals surface area contributed by atoms with Crippen LogP contribution in [0.25, 0.3) is 0 Å². The van der Waals surface area contributed by atoms with Crippen LogP contribution in [0.3, 0.4) is 0 Å². The van der Waals surface area contributed by atoms with E-state index >= 15 is 0 Å². The van der Waals surface area contributed by atoms with Crippen molar-refractivity contribution in [3.63, 3.8) is 0 Å². The number of carboxylic acids is 1. The highest BCUT2D eigenvalue weighted by atomic mass is 79.9. The molecule has 2 nitrogen and oxygen atoms in total. The third-order valence-electron chi connectivity index (χ3n) is 2.13. The highest BCUT2D eigenvalue weighted by Gasteiger charge is 2.11. The maximum atomic E-state index is 10.4. The highest BCUT2D eigenvalue weighted by Crippen LogP contribution is 2.13. The Morgan fingerprint density at radius 3 is 2.43 bits per heavy atom. The van der Waals surface area contributed by atoms with E-state index in [0.29, 0.717) is 0 Å². The normalized spacial score (nSPS) is 12.4. The molecule has 14 heavy (non-hydrogen) atoms. The van der Waals surface area contributed by atoms with Crippen molar-refractivity contribution in [3.05, 3.63) is 12.7 Å². The van der Waals surface area contributed by atoms with Crippen molar-refractivity contribution in [1.82, 2.24) is 0 Å². The Labute approximate surface area is 94.5 Å². The molecule has 0 aromatic carbocycles. The maximum Gasteiger partial charge on any atom is 0.317 e. The van der Waals surface area contributed by atoms with Gasteiger partial charge in [-0.3, -0.25) is 4.79 Å². The smallest absolute Gasteiger partial charge is 0.317 e. The van der Waals surface area contributed by atoms with E-state index in [4.69, 9.17) is 5.11 Å². The Balaban J connectivity index is 3.13. The van der Waals surface area contributed by atoms with Crippen LogP contribution in [0.15, 0.2) is 12.7 Å². The molecule has 0 bridgehead atoms. The van der Waals surface area contributed by atoms with Gasteiger partial charge >= 0.3 is 5.97 Å². The number of carboxylic acid groups (broad SMARTS) is 1. The molecule has 0 aliphatic carbocycles. The molecule has 0 spiro atoms. The lowest BCUT2D eigenvalue weighted by atomic mass is 10.1. The van der Waals surface area contributed by atoms with Crippen LogP contribution in [0.5, 0.6) is 0 Å². The summed E-state index contributed by atoms with van der Waals surface area (Å²) in [5.74, 6) is -0.753. The van der Waals surface area contributed by atoms with Gasteiger partial charge in [0.1, 0.15) is 4.83 Å². The summed E-state index contributed by atoms with van der Waals surface area (Å²) in [5.41, 5.74) is 0. The van der Waals surface area contributed by atoms with E-state index in [1.807, 2.05) is 6.08 Å². The summed E-state index contributed by atoms with van der Waals surface area (Å²) in [4.78, 5) is 10.1. The summed E-state index contributed by atoms with van der Waals surface area (Å²) in [6.45, 7) is 3.67. The van der Waals surface area contributed by atoms with Crippen LogP contribution in [0.4, 0.5) is 0 Å². The number of hydrogen-bond acceptors (Lipinski definition) is 1. The van der Waals surface area contributed by atoms with Gasteiger partial charge in [0.15, 0.2) is 0 Å². The predicted octanol–water partition coefficient (Wildman–Crippen LogP) is 3.75. The van der Waals surface area contributed by atoms with Gasteiger partial charge in [-0.2, -0.15) is 0 Å². The second-order valence-corrected chi connectivity index (χ2v) is 4.54. The fourth-order valence-corrected chi connectivity index (χ4v) is 1.59. The van der Waals surface area contributed by atoms with Crippen LogP contribution in [0.1, 0.15) is 44.9 Å². The molecular weight excluding hydrogens is 244 g/mol. The molecule has 82 valence electrons. The Morgan fingerprint density at radius 1 is 1.29 bits per heavy atom. The van der Waals surface area contributed by atoms with Gasteiger partial charge in [0, 0.05) is 0 Å². The van der Waals surface area contributed by atoms with Crippen LogP contribution in [-0.4, -0.2) is 15.9 Å². The summed E-state index contributed by atoms with van der Waals surface area (Å²) >= 11 is 3.12. The average molecular weight is 263 g/mol. The van der Waals surface area contributed by atoms with E-state index in [9.17, 15) is 4.79 Å². The fourth-order valence-electron chi connectivity index (χ4n) is 1.27. The number of halogens is 1. The molecule has 0 heterocycles. The summed E-state index contributed by atoms with van der Waals surface area (Å²) in [6.07, 6.45) is 9.54. The quantitative estimate of drug-likeness (QED) is 0.391. The number of hydrogen-bond donors (Lipinski definition) is 1. The van der Waals surface area contributed by atoms with Crippen molar-refractivity contribution in [2.45, 2.75) is 49.8 Å². The number of carbonyl (C=O) groups is 1. The molecule has 0 amide bonds. The minimum atomic E-state index is -0.753. The summed E-state index contributed by atoms with van der Waals surface area (Å²) < 4.78 is 0. The first-order chi connectivity index (χ1) is 6.68. The molecule has 0 aliphatic heterocycles. The number of rotatable bonds is 9. The first-order valence-corrected chi connectivity index (χ1v) is 6.08. The Hall–Kier alpha value is -0.310. The molecule has 0 aromatic rings. The largest absolute Gasteiger partial charge is 0.480 e. The van der Waals surface area contributed by atoms with Crippen molar-refractivity contribution >= 4 is 21.9 Å². The van der Waals surface area contributed by atoms with Crippen molar-refractivity contribution < 1.29 is 9.90 Å². The van der Waals surface area contributed by atoms with Crippen molar-refractivity contribution in [3.8, 4) is 0 Å². The number of allylic oxidation sites excluding steroid dienone is 1. The Bertz CT molecular complexity index is 169. The average Bonchev–Trinajstić information content (AvgIpc) is 2.16. The van der Waals surface area contributed by atoms with Crippen molar-refractivity contribution in [1.29, 1.82) is 0 Å². The Morgan fingerprint density at radius 2 is 1.86 bits per heavy atom. The molecule has 1 unspecified atom stereocenters. The van der Waals surface area contributed by atoms with Crippen LogP contribution in [0, 0.1) is 0 Å². The molecule has 0 aromatic heterocycles. The lowest BCUT2D eigenvalue weighted by Gasteiger charge is -2.03. The minimum Gasteiger partial charge on any atom is -0.480 e. The van der Waals surface area contributed by atoms with Gasteiger partial charge in [-0.1, -0.05) is 47.7 Å². The molecule has 0 aliphatic rings. The van der Waals surface area contributed by atoms with Gasteiger partial charge in [0.2, 0.25) is 0 Å². The minimum absolute atomic E-state index is 0.365. The van der Waals surface area contributed by atoms with Crippen LogP contribution < -0.4 is 0 Å². The first kappa shape index (κ1) is 13.7. The Kier molecular flexibility index (Phi) is 9.05. The standard InChI is InChI=1S/C11H19BrO2/c1-2-3-4-5-6-7-8-9-10(12)11(13)14/h2,10H,1,3-9H2,(H,13,14). The molecule has 0 radical (unpaired) electrons. The van der Waals surface area contributed by atoms with Gasteiger partial charge in [-0.05, 0) is 19.3 Å². The molecule has 0 fully saturated rings. The van der Waals surface area contributed by atoms with Gasteiger partial charge in [-0.25, -0.2) is 0 Å². The van der Waals surface area contributed by atoms with Gasteiger partial charge < -0.3 is 5.11 Å². The van der Waals surface area contributed by atoms with Crippen LogP contribution >= 0.6 is 15.9 Å². The van der Waals surface area contributed by atoms with Crippen LogP contribution in [0.2, 0.25) is 0 Å². The fraction of sp³-hybridized carbons (Fsp3) is 0.727. The SMILES string of the molecule is C=CCCCCCCCC(Br)C(=O)O. The van der Waals surface area contributed by atoms with Gasteiger partial charge in [0.25, 0.3) is 0 Å². The highest BCUT2D eigenvalue weighted by molar-refractivity contribution is 9.10. The molecule has 0 saturated heterocycles. The second-order valence-electron chi connectivity index (χ2n) is 3.44. The van der Waals surface area contributed by atoms with E-state index < -0.39 is 5.97 Å². The molecular formula is C11H19BrO2. The molecule has 0 saturated carbocycles. The van der Waals surface area contributed by atoms with Gasteiger partial charge in [0.05, 0.1) is 0 Å². The zero-order chi connectivity index (χ0) is 10.8. The maximum absolute atomic E-state index is 10.4. The van der Waals surface area contributed by atoms with Crippen molar-refractivity contribution in [2.75, 3.05) is 0 Å². The van der Waals surface area contributed by atoms with Crippen LogP contribution in [-0.2, 0) is 4.79 Å².